The lowest BCUT2D eigenvalue weighted by molar-refractivity contribution is 1.34. The van der Waals surface area contributed by atoms with Crippen molar-refractivity contribution in [3.05, 3.63) is 39.7 Å². The van der Waals surface area contributed by atoms with Crippen LogP contribution in [0.5, 0.6) is 0 Å². The number of pyridine rings is 1. The van der Waals surface area contributed by atoms with Crippen LogP contribution < -0.4 is 0 Å². The monoisotopic (exact) mass is 269 g/mol. The third kappa shape index (κ3) is 1.20. The molecule has 2 aromatic rings. The first-order valence-corrected chi connectivity index (χ1v) is 4.86. The van der Waals surface area contributed by atoms with Crippen molar-refractivity contribution in [1.82, 2.24) is 4.98 Å². The molecule has 0 atom stereocenters. The zero-order valence-electron chi connectivity index (χ0n) is 6.71. The third-order valence-electron chi connectivity index (χ3n) is 2.03. The first-order chi connectivity index (χ1) is 5.79. The molecule has 0 spiro atoms. The summed E-state index contributed by atoms with van der Waals surface area (Å²) in [4.78, 5) is 4.11. The van der Waals surface area contributed by atoms with E-state index >= 15 is 0 Å². The standard InChI is InChI=1S/C10H8IN/c1-7-9-6-12-5-4-8(9)2-3-10(7)11/h2-6H,1H3. The second-order valence-electron chi connectivity index (χ2n) is 2.77. The SMILES string of the molecule is Cc1c(I)ccc2ccncc12. The predicted molar refractivity (Wildman–Crippen MR) is 59.2 cm³/mol. The molecule has 1 aromatic carbocycles. The fourth-order valence-corrected chi connectivity index (χ4v) is 1.75. The minimum absolute atomic E-state index is 1.25. The largest absolute Gasteiger partial charge is 0.264 e. The maximum absolute atomic E-state index is 4.11. The fraction of sp³-hybridized carbons (Fsp3) is 0.100. The third-order valence-corrected chi connectivity index (χ3v) is 3.19. The number of benzene rings is 1. The highest BCUT2D eigenvalue weighted by Gasteiger charge is 1.99. The van der Waals surface area contributed by atoms with Crippen LogP contribution in [0.2, 0.25) is 0 Å². The lowest BCUT2D eigenvalue weighted by Gasteiger charge is -2.02. The number of halogens is 1. The van der Waals surface area contributed by atoms with E-state index in [1.165, 1.54) is 19.9 Å². The van der Waals surface area contributed by atoms with Gasteiger partial charge in [0.2, 0.25) is 0 Å². The van der Waals surface area contributed by atoms with Crippen molar-refractivity contribution in [2.75, 3.05) is 0 Å². The van der Waals surface area contributed by atoms with E-state index in [1.807, 2.05) is 18.5 Å². The molecule has 0 N–H and O–H groups in total. The Labute approximate surface area is 85.0 Å². The number of fused-ring (bicyclic) bond motifs is 1. The van der Waals surface area contributed by atoms with Crippen molar-refractivity contribution in [2.24, 2.45) is 0 Å². The molecule has 12 heavy (non-hydrogen) atoms. The summed E-state index contributed by atoms with van der Waals surface area (Å²) in [6, 6.07) is 6.31. The van der Waals surface area contributed by atoms with Crippen LogP contribution in [-0.4, -0.2) is 4.98 Å². The Morgan fingerprint density at radius 2 is 2.08 bits per heavy atom. The van der Waals surface area contributed by atoms with Gasteiger partial charge in [0, 0.05) is 21.4 Å². The Balaban J connectivity index is 2.91. The summed E-state index contributed by atoms with van der Waals surface area (Å²) in [6.45, 7) is 2.13. The summed E-state index contributed by atoms with van der Waals surface area (Å²) < 4.78 is 1.30. The van der Waals surface area contributed by atoms with Crippen molar-refractivity contribution >= 4 is 33.4 Å². The van der Waals surface area contributed by atoms with Gasteiger partial charge in [-0.25, -0.2) is 0 Å². The van der Waals surface area contributed by atoms with Gasteiger partial charge in [-0.05, 0) is 52.6 Å². The molecule has 1 heterocycles. The molecule has 0 fully saturated rings. The van der Waals surface area contributed by atoms with Gasteiger partial charge in [-0.2, -0.15) is 0 Å². The van der Waals surface area contributed by atoms with Gasteiger partial charge in [0.15, 0.2) is 0 Å². The summed E-state index contributed by atoms with van der Waals surface area (Å²) in [7, 11) is 0. The molecule has 2 heteroatoms. The van der Waals surface area contributed by atoms with Gasteiger partial charge in [0.1, 0.15) is 0 Å². The number of aryl methyl sites for hydroxylation is 1. The zero-order valence-corrected chi connectivity index (χ0v) is 8.87. The number of aromatic nitrogens is 1. The Morgan fingerprint density at radius 1 is 1.25 bits per heavy atom. The Hall–Kier alpha value is -0.640. The molecule has 2 rings (SSSR count). The van der Waals surface area contributed by atoms with Gasteiger partial charge < -0.3 is 0 Å². The smallest absolute Gasteiger partial charge is 0.0349 e. The van der Waals surface area contributed by atoms with E-state index in [9.17, 15) is 0 Å². The second kappa shape index (κ2) is 3.01. The molecule has 0 unspecified atom stereocenters. The quantitative estimate of drug-likeness (QED) is 0.669. The van der Waals surface area contributed by atoms with Crippen LogP contribution in [0.25, 0.3) is 10.8 Å². The van der Waals surface area contributed by atoms with E-state index in [1.54, 1.807) is 0 Å². The molecule has 0 aliphatic rings. The lowest BCUT2D eigenvalue weighted by Crippen LogP contribution is -1.83. The molecule has 1 nitrogen and oxygen atoms in total. The van der Waals surface area contributed by atoms with Crippen molar-refractivity contribution < 1.29 is 0 Å². The Morgan fingerprint density at radius 3 is 2.92 bits per heavy atom. The predicted octanol–water partition coefficient (Wildman–Crippen LogP) is 3.15. The van der Waals surface area contributed by atoms with Crippen molar-refractivity contribution in [3.63, 3.8) is 0 Å². The lowest BCUT2D eigenvalue weighted by atomic mass is 10.1. The molecule has 0 radical (unpaired) electrons. The van der Waals surface area contributed by atoms with Gasteiger partial charge in [-0.1, -0.05) is 6.07 Å². The average molecular weight is 269 g/mol. The molecule has 60 valence electrons. The first-order valence-electron chi connectivity index (χ1n) is 3.78. The number of hydrogen-bond acceptors (Lipinski definition) is 1. The van der Waals surface area contributed by atoms with Crippen LogP contribution in [0, 0.1) is 10.5 Å². The molecule has 0 bridgehead atoms. The fourth-order valence-electron chi connectivity index (χ4n) is 1.28. The molecule has 1 aromatic heterocycles. The summed E-state index contributed by atoms with van der Waals surface area (Å²) in [5.74, 6) is 0. The maximum Gasteiger partial charge on any atom is 0.0349 e. The highest BCUT2D eigenvalue weighted by molar-refractivity contribution is 14.1. The van der Waals surface area contributed by atoms with E-state index < -0.39 is 0 Å². The minimum Gasteiger partial charge on any atom is -0.264 e. The van der Waals surface area contributed by atoms with Crippen LogP contribution in [0.4, 0.5) is 0 Å². The first kappa shape index (κ1) is 7.98. The van der Waals surface area contributed by atoms with Gasteiger partial charge >= 0.3 is 0 Å². The van der Waals surface area contributed by atoms with Gasteiger partial charge in [-0.3, -0.25) is 4.98 Å². The Bertz CT molecular complexity index is 423. The summed E-state index contributed by atoms with van der Waals surface area (Å²) in [5, 5.41) is 2.52. The minimum atomic E-state index is 1.25. The zero-order chi connectivity index (χ0) is 8.55. The van der Waals surface area contributed by atoms with Gasteiger partial charge in [-0.15, -0.1) is 0 Å². The van der Waals surface area contributed by atoms with Gasteiger partial charge in [0.05, 0.1) is 0 Å². The van der Waals surface area contributed by atoms with E-state index in [2.05, 4.69) is 46.6 Å². The number of hydrogen-bond donors (Lipinski definition) is 0. The molecule has 0 aliphatic carbocycles. The van der Waals surface area contributed by atoms with E-state index in [0.29, 0.717) is 0 Å². The summed E-state index contributed by atoms with van der Waals surface area (Å²) in [6.07, 6.45) is 3.75. The van der Waals surface area contributed by atoms with Crippen LogP contribution >= 0.6 is 22.6 Å². The van der Waals surface area contributed by atoms with E-state index in [0.717, 1.165) is 0 Å². The highest BCUT2D eigenvalue weighted by Crippen LogP contribution is 2.21. The second-order valence-corrected chi connectivity index (χ2v) is 3.93. The topological polar surface area (TPSA) is 12.9 Å². The average Bonchev–Trinajstić information content (AvgIpc) is 2.12. The van der Waals surface area contributed by atoms with Crippen molar-refractivity contribution in [2.45, 2.75) is 6.92 Å². The van der Waals surface area contributed by atoms with Crippen LogP contribution in [-0.2, 0) is 0 Å². The summed E-state index contributed by atoms with van der Waals surface area (Å²) >= 11 is 2.34. The number of rotatable bonds is 0. The summed E-state index contributed by atoms with van der Waals surface area (Å²) in [5.41, 5.74) is 1.32. The number of nitrogens with zero attached hydrogens (tertiary/aromatic N) is 1. The normalized spacial score (nSPS) is 10.5. The van der Waals surface area contributed by atoms with E-state index in [4.69, 9.17) is 0 Å². The molecular weight excluding hydrogens is 261 g/mol. The van der Waals surface area contributed by atoms with E-state index in [-0.39, 0.29) is 0 Å². The maximum atomic E-state index is 4.11. The Kier molecular flexibility index (Phi) is 2.00. The molecular formula is C10H8IN. The van der Waals surface area contributed by atoms with Crippen LogP contribution in [0.15, 0.2) is 30.6 Å². The van der Waals surface area contributed by atoms with Crippen LogP contribution in [0.1, 0.15) is 5.56 Å². The van der Waals surface area contributed by atoms with Crippen molar-refractivity contribution in [1.29, 1.82) is 0 Å². The molecule has 0 saturated heterocycles. The molecule has 0 amide bonds. The molecule has 0 saturated carbocycles. The van der Waals surface area contributed by atoms with Crippen molar-refractivity contribution in [3.8, 4) is 0 Å². The molecule has 0 aliphatic heterocycles. The van der Waals surface area contributed by atoms with Crippen LogP contribution in [0.3, 0.4) is 0 Å². The van der Waals surface area contributed by atoms with Gasteiger partial charge in [0.25, 0.3) is 0 Å². The highest BCUT2D eigenvalue weighted by atomic mass is 127.